The zero-order chi connectivity index (χ0) is 12.8. The normalized spacial score (nSPS) is 28.4. The van der Waals surface area contributed by atoms with Gasteiger partial charge in [0.2, 0.25) is 0 Å². The molecular weight excluding hydrogens is 256 g/mol. The van der Waals surface area contributed by atoms with Gasteiger partial charge < -0.3 is 10.6 Å². The molecule has 0 aromatic carbocycles. The van der Waals surface area contributed by atoms with Crippen molar-refractivity contribution in [2.45, 2.75) is 44.1 Å². The van der Waals surface area contributed by atoms with E-state index in [0.717, 1.165) is 11.9 Å². The van der Waals surface area contributed by atoms with Gasteiger partial charge in [-0.05, 0) is 62.6 Å². The first-order valence-corrected chi connectivity index (χ1v) is 8.34. The van der Waals surface area contributed by atoms with Crippen LogP contribution in [-0.2, 0) is 0 Å². The molecule has 0 radical (unpaired) electrons. The Balaban J connectivity index is 1.51. The zero-order valence-electron chi connectivity index (χ0n) is 11.3. The maximum atomic E-state index is 6.07. The summed E-state index contributed by atoms with van der Waals surface area (Å²) in [6.45, 7) is 4.97. The van der Waals surface area contributed by atoms with Gasteiger partial charge in [0, 0.05) is 24.7 Å². The second-order valence-corrected chi connectivity index (χ2v) is 6.94. The van der Waals surface area contributed by atoms with Gasteiger partial charge >= 0.3 is 0 Å². The third kappa shape index (κ3) is 2.13. The highest BCUT2D eigenvalue weighted by Crippen LogP contribution is 2.49. The fourth-order valence-corrected chi connectivity index (χ4v) is 4.55. The molecule has 1 aromatic rings. The molecule has 19 heavy (non-hydrogen) atoms. The summed E-state index contributed by atoms with van der Waals surface area (Å²) in [5.41, 5.74) is 7.44. The van der Waals surface area contributed by atoms with Crippen LogP contribution in [0.3, 0.4) is 0 Å². The van der Waals surface area contributed by atoms with Crippen molar-refractivity contribution >= 4 is 22.4 Å². The molecule has 1 aliphatic carbocycles. The maximum absolute atomic E-state index is 6.07. The van der Waals surface area contributed by atoms with E-state index in [1.807, 2.05) is 0 Å². The van der Waals surface area contributed by atoms with Crippen molar-refractivity contribution in [1.29, 1.82) is 0 Å². The summed E-state index contributed by atoms with van der Waals surface area (Å²) in [7, 11) is 0. The topological polar surface area (TPSA) is 45.4 Å². The lowest BCUT2D eigenvalue weighted by atomic mass is 10.2. The van der Waals surface area contributed by atoms with Crippen LogP contribution in [0.4, 0.5) is 10.8 Å². The first-order chi connectivity index (χ1) is 9.33. The van der Waals surface area contributed by atoms with Crippen molar-refractivity contribution in [3.05, 3.63) is 5.56 Å². The lowest BCUT2D eigenvalue weighted by Crippen LogP contribution is -2.35. The summed E-state index contributed by atoms with van der Waals surface area (Å²) in [6.07, 6.45) is 6.69. The molecule has 0 spiro atoms. The number of rotatable bonds is 3. The molecule has 2 aliphatic heterocycles. The molecule has 4 rings (SSSR count). The van der Waals surface area contributed by atoms with Gasteiger partial charge in [-0.25, -0.2) is 0 Å². The molecule has 1 aromatic heterocycles. The summed E-state index contributed by atoms with van der Waals surface area (Å²) in [5, 5.41) is 1.38. The summed E-state index contributed by atoms with van der Waals surface area (Å²) in [4.78, 5) is 5.23. The highest BCUT2D eigenvalue weighted by atomic mass is 32.1. The lowest BCUT2D eigenvalue weighted by Gasteiger charge is -2.24. The first kappa shape index (κ1) is 12.0. The third-order valence-corrected chi connectivity index (χ3v) is 5.77. The maximum Gasteiger partial charge on any atom is 0.142 e. The first-order valence-electron chi connectivity index (χ1n) is 7.57. The van der Waals surface area contributed by atoms with E-state index in [4.69, 9.17) is 5.73 Å². The van der Waals surface area contributed by atoms with Crippen molar-refractivity contribution in [3.8, 4) is 0 Å². The number of hydrogen-bond donors (Lipinski definition) is 1. The number of nitrogens with zero attached hydrogens (tertiary/aromatic N) is 3. The Kier molecular flexibility index (Phi) is 2.92. The van der Waals surface area contributed by atoms with Gasteiger partial charge in [0.05, 0.1) is 0 Å². The van der Waals surface area contributed by atoms with Gasteiger partial charge in [-0.1, -0.05) is 0 Å². The van der Waals surface area contributed by atoms with Crippen LogP contribution in [0.5, 0.6) is 0 Å². The molecule has 1 unspecified atom stereocenters. The van der Waals surface area contributed by atoms with Crippen LogP contribution in [0.25, 0.3) is 0 Å². The number of nitrogens with two attached hydrogens (primary N) is 1. The van der Waals surface area contributed by atoms with Crippen LogP contribution in [0.1, 0.15) is 43.6 Å². The highest BCUT2D eigenvalue weighted by molar-refractivity contribution is 7.10. The van der Waals surface area contributed by atoms with Crippen molar-refractivity contribution < 1.29 is 0 Å². The number of nitrogen functional groups attached to an aromatic ring is 1. The predicted octanol–water partition coefficient (Wildman–Crippen LogP) is 2.28. The molecule has 1 saturated carbocycles. The van der Waals surface area contributed by atoms with Crippen molar-refractivity contribution in [3.63, 3.8) is 0 Å². The largest absolute Gasteiger partial charge is 0.383 e. The Morgan fingerprint density at radius 2 is 1.89 bits per heavy atom. The van der Waals surface area contributed by atoms with Crippen LogP contribution in [0.15, 0.2) is 0 Å². The number of aromatic nitrogens is 1. The fraction of sp³-hybridized carbons (Fsp3) is 0.786. The summed E-state index contributed by atoms with van der Waals surface area (Å²) < 4.78 is 4.41. The molecule has 2 N–H and O–H groups in total. The Bertz CT molecular complexity index is 462. The average molecular weight is 278 g/mol. The molecule has 3 aliphatic rings. The van der Waals surface area contributed by atoms with Crippen LogP contribution in [0.2, 0.25) is 0 Å². The number of hydrogen-bond acceptors (Lipinski definition) is 5. The minimum atomic E-state index is 0.708. The Morgan fingerprint density at radius 1 is 1.11 bits per heavy atom. The monoisotopic (exact) mass is 278 g/mol. The molecule has 3 heterocycles. The van der Waals surface area contributed by atoms with E-state index in [-0.39, 0.29) is 0 Å². The van der Waals surface area contributed by atoms with Gasteiger partial charge in [-0.3, -0.25) is 4.90 Å². The van der Waals surface area contributed by atoms with Crippen molar-refractivity contribution in [2.75, 3.05) is 36.8 Å². The minimum absolute atomic E-state index is 0.708. The molecule has 104 valence electrons. The van der Waals surface area contributed by atoms with E-state index in [2.05, 4.69) is 14.2 Å². The van der Waals surface area contributed by atoms with Crippen LogP contribution in [-0.4, -0.2) is 41.5 Å². The fourth-order valence-electron chi connectivity index (χ4n) is 3.62. The standard InChI is InChI=1S/C14H22N4S/c15-13-12(10-3-4-10)14(19-16-13)18-8-5-11(9-18)17-6-1-2-7-17/h10-11H,1-9H2,(H2,15,16). The highest BCUT2D eigenvalue weighted by Gasteiger charge is 2.36. The second-order valence-electron chi connectivity index (χ2n) is 6.19. The summed E-state index contributed by atoms with van der Waals surface area (Å²) >= 11 is 1.62. The number of anilines is 2. The van der Waals surface area contributed by atoms with Crippen molar-refractivity contribution in [1.82, 2.24) is 9.27 Å². The molecule has 5 heteroatoms. The van der Waals surface area contributed by atoms with E-state index < -0.39 is 0 Å². The number of likely N-dealkylation sites (tertiary alicyclic amines) is 1. The van der Waals surface area contributed by atoms with Gasteiger partial charge in [0.25, 0.3) is 0 Å². The lowest BCUT2D eigenvalue weighted by molar-refractivity contribution is 0.260. The van der Waals surface area contributed by atoms with Gasteiger partial charge in [-0.15, -0.1) is 0 Å². The molecular formula is C14H22N4S. The van der Waals surface area contributed by atoms with Gasteiger partial charge in [0.1, 0.15) is 10.8 Å². The third-order valence-electron chi connectivity index (χ3n) is 4.83. The molecule has 4 nitrogen and oxygen atoms in total. The van der Waals surface area contributed by atoms with Gasteiger partial charge in [0.15, 0.2) is 0 Å². The summed E-state index contributed by atoms with van der Waals surface area (Å²) in [5.74, 6) is 1.51. The Morgan fingerprint density at radius 3 is 2.63 bits per heavy atom. The van der Waals surface area contributed by atoms with Gasteiger partial charge in [-0.2, -0.15) is 4.37 Å². The van der Waals surface area contributed by atoms with E-state index in [9.17, 15) is 0 Å². The van der Waals surface area contributed by atoms with Crippen molar-refractivity contribution in [2.24, 2.45) is 0 Å². The van der Waals surface area contributed by atoms with Crippen LogP contribution < -0.4 is 10.6 Å². The predicted molar refractivity (Wildman–Crippen MR) is 79.9 cm³/mol. The van der Waals surface area contributed by atoms with E-state index in [1.165, 1.54) is 68.8 Å². The molecule has 2 saturated heterocycles. The summed E-state index contributed by atoms with van der Waals surface area (Å²) in [6, 6.07) is 0.762. The minimum Gasteiger partial charge on any atom is -0.383 e. The molecule has 3 fully saturated rings. The van der Waals surface area contributed by atoms with Crippen LogP contribution >= 0.6 is 11.5 Å². The molecule has 1 atom stereocenters. The van der Waals surface area contributed by atoms with E-state index in [0.29, 0.717) is 5.92 Å². The molecule has 0 bridgehead atoms. The van der Waals surface area contributed by atoms with Crippen LogP contribution in [0, 0.1) is 0 Å². The quantitative estimate of drug-likeness (QED) is 0.921. The zero-order valence-corrected chi connectivity index (χ0v) is 12.2. The second kappa shape index (κ2) is 4.63. The SMILES string of the molecule is Nc1nsc(N2CCC(N3CCCC3)C2)c1C1CC1. The van der Waals surface area contributed by atoms with E-state index >= 15 is 0 Å². The smallest absolute Gasteiger partial charge is 0.142 e. The van der Waals surface area contributed by atoms with E-state index in [1.54, 1.807) is 11.5 Å². The molecule has 0 amide bonds. The Labute approximate surface area is 118 Å². The Hall–Kier alpha value is -0.810. The average Bonchev–Trinajstić information content (AvgIpc) is 2.89.